The minimum Gasteiger partial charge on any atom is -0.493 e. The summed E-state index contributed by atoms with van der Waals surface area (Å²) in [7, 11) is 0. The van der Waals surface area contributed by atoms with Crippen molar-refractivity contribution in [2.24, 2.45) is 0 Å². The lowest BCUT2D eigenvalue weighted by molar-refractivity contribution is -0.143. The van der Waals surface area contributed by atoms with E-state index in [1.54, 1.807) is 12.4 Å². The lowest BCUT2D eigenvalue weighted by atomic mass is 10.1. The zero-order chi connectivity index (χ0) is 20.7. The predicted molar refractivity (Wildman–Crippen MR) is 116 cm³/mol. The normalized spacial score (nSPS) is 10.6. The maximum absolute atomic E-state index is 11.4. The third-order valence-electron chi connectivity index (χ3n) is 4.50. The van der Waals surface area contributed by atoms with E-state index in [1.807, 2.05) is 37.3 Å². The van der Waals surface area contributed by atoms with E-state index >= 15 is 0 Å². The van der Waals surface area contributed by atoms with Crippen molar-refractivity contribution in [3.05, 3.63) is 42.7 Å². The average molecular weight is 400 g/mol. The molecule has 2 heterocycles. The van der Waals surface area contributed by atoms with Crippen molar-refractivity contribution < 1.29 is 14.3 Å². The Balaban J connectivity index is 1.93. The van der Waals surface area contributed by atoms with Gasteiger partial charge >= 0.3 is 5.97 Å². The summed E-state index contributed by atoms with van der Waals surface area (Å²) in [6.45, 7) is 5.96. The van der Waals surface area contributed by atoms with E-state index in [4.69, 9.17) is 9.47 Å². The van der Waals surface area contributed by atoms with E-state index in [9.17, 15) is 4.79 Å². The van der Waals surface area contributed by atoms with E-state index in [-0.39, 0.29) is 5.97 Å². The van der Waals surface area contributed by atoms with Crippen molar-refractivity contribution in [2.45, 2.75) is 58.8 Å². The Hall–Kier alpha value is -2.63. The van der Waals surface area contributed by atoms with Gasteiger partial charge in [0.2, 0.25) is 0 Å². The molecule has 0 N–H and O–H groups in total. The van der Waals surface area contributed by atoms with E-state index in [0.29, 0.717) is 19.6 Å². The monoisotopic (exact) mass is 399 g/mol. The molecule has 0 fully saturated rings. The van der Waals surface area contributed by atoms with Crippen LogP contribution in [0, 0.1) is 0 Å². The van der Waals surface area contributed by atoms with Crippen LogP contribution >= 0.6 is 0 Å². The molecule has 0 amide bonds. The first-order chi connectivity index (χ1) is 14.2. The van der Waals surface area contributed by atoms with Gasteiger partial charge in [0.05, 0.1) is 13.2 Å². The Morgan fingerprint density at radius 1 is 0.966 bits per heavy atom. The van der Waals surface area contributed by atoms with Crippen molar-refractivity contribution >= 4 is 17.6 Å². The molecule has 158 valence electrons. The third-order valence-corrected chi connectivity index (χ3v) is 4.50. The van der Waals surface area contributed by atoms with Crippen LogP contribution in [-0.2, 0) is 9.53 Å². The maximum Gasteiger partial charge on any atom is 0.305 e. The van der Waals surface area contributed by atoms with Crippen LogP contribution in [-0.4, -0.2) is 35.7 Å². The molecule has 0 spiro atoms. The van der Waals surface area contributed by atoms with Crippen molar-refractivity contribution in [1.29, 1.82) is 0 Å². The number of ether oxygens (including phenoxy) is 2. The molecule has 6 nitrogen and oxygen atoms in total. The van der Waals surface area contributed by atoms with Crippen LogP contribution < -0.4 is 9.64 Å². The van der Waals surface area contributed by atoms with Gasteiger partial charge in [0.15, 0.2) is 0 Å². The lowest BCUT2D eigenvalue weighted by Crippen LogP contribution is -2.20. The van der Waals surface area contributed by atoms with Crippen LogP contribution in [0.5, 0.6) is 5.75 Å². The predicted octanol–water partition coefficient (Wildman–Crippen LogP) is 5.31. The minimum absolute atomic E-state index is 0.105. The molecule has 0 saturated carbocycles. The number of unbranched alkanes of at least 4 members (excludes halogenated alkanes) is 4. The summed E-state index contributed by atoms with van der Waals surface area (Å²) in [4.78, 5) is 22.6. The largest absolute Gasteiger partial charge is 0.493 e. The van der Waals surface area contributed by atoms with Crippen molar-refractivity contribution in [3.8, 4) is 5.75 Å². The summed E-state index contributed by atoms with van der Waals surface area (Å²) < 4.78 is 10.8. The summed E-state index contributed by atoms with van der Waals surface area (Å²) in [5.74, 6) is 2.44. The number of hydrogen-bond acceptors (Lipinski definition) is 6. The summed E-state index contributed by atoms with van der Waals surface area (Å²) in [5, 5.41) is 0. The van der Waals surface area contributed by atoms with E-state index in [0.717, 1.165) is 62.5 Å². The first kappa shape index (κ1) is 22.7. The second-order valence-electron chi connectivity index (χ2n) is 6.86. The highest BCUT2D eigenvalue weighted by molar-refractivity contribution is 5.69. The van der Waals surface area contributed by atoms with Gasteiger partial charge in [0.25, 0.3) is 0 Å². The molecule has 0 saturated heterocycles. The topological polar surface area (TPSA) is 64.5 Å². The number of carbonyl (C=O) groups is 1. The molecule has 0 radical (unpaired) electrons. The maximum atomic E-state index is 11.4. The second kappa shape index (κ2) is 13.5. The van der Waals surface area contributed by atoms with Gasteiger partial charge in [0, 0.05) is 31.4 Å². The summed E-state index contributed by atoms with van der Waals surface area (Å²) >= 11 is 0. The molecule has 2 aromatic rings. The number of esters is 1. The Kier molecular flexibility index (Phi) is 10.6. The zero-order valence-corrected chi connectivity index (χ0v) is 17.7. The Labute approximate surface area is 174 Å². The van der Waals surface area contributed by atoms with Gasteiger partial charge in [-0.25, -0.2) is 9.97 Å². The Morgan fingerprint density at radius 2 is 1.79 bits per heavy atom. The average Bonchev–Trinajstić information content (AvgIpc) is 2.74. The fraction of sp³-hybridized carbons (Fsp3) is 0.522. The zero-order valence-electron chi connectivity index (χ0n) is 17.7. The molecule has 6 heteroatoms. The summed E-state index contributed by atoms with van der Waals surface area (Å²) in [6.07, 6.45) is 10.1. The molecule has 0 unspecified atom stereocenters. The van der Waals surface area contributed by atoms with Crippen LogP contribution in [0.25, 0.3) is 0 Å². The van der Waals surface area contributed by atoms with Crippen LogP contribution in [0.15, 0.2) is 42.7 Å². The first-order valence-corrected chi connectivity index (χ1v) is 10.7. The van der Waals surface area contributed by atoms with Gasteiger partial charge in [-0.05, 0) is 44.4 Å². The van der Waals surface area contributed by atoms with Gasteiger partial charge < -0.3 is 14.4 Å². The smallest absolute Gasteiger partial charge is 0.305 e. The van der Waals surface area contributed by atoms with Gasteiger partial charge in [0.1, 0.15) is 17.4 Å². The van der Waals surface area contributed by atoms with Crippen molar-refractivity contribution in [1.82, 2.24) is 9.97 Å². The fourth-order valence-corrected chi connectivity index (χ4v) is 2.96. The van der Waals surface area contributed by atoms with Crippen LogP contribution in [0.4, 0.5) is 11.6 Å². The van der Waals surface area contributed by atoms with Gasteiger partial charge in [-0.3, -0.25) is 4.79 Å². The molecule has 2 rings (SSSR count). The van der Waals surface area contributed by atoms with E-state index < -0.39 is 0 Å². The quantitative estimate of drug-likeness (QED) is 0.317. The number of rotatable bonds is 14. The molecular formula is C23H33N3O3. The Bertz CT molecular complexity index is 710. The molecular weight excluding hydrogens is 366 g/mol. The molecule has 29 heavy (non-hydrogen) atoms. The molecule has 0 bridgehead atoms. The van der Waals surface area contributed by atoms with Crippen LogP contribution in [0.1, 0.15) is 58.8 Å². The standard InChI is InChI=1S/C23H33N3O3/c1-3-5-18-29-20-14-16-25-22(19-20)26(21-12-9-10-15-24-21)17-11-7-6-8-13-23(27)28-4-2/h9-10,12,14-16,19H,3-8,11,13,17-18H2,1-2H3. The molecule has 2 aromatic heterocycles. The van der Waals surface area contributed by atoms with Crippen LogP contribution in [0.2, 0.25) is 0 Å². The van der Waals surface area contributed by atoms with Crippen molar-refractivity contribution in [3.63, 3.8) is 0 Å². The fourth-order valence-electron chi connectivity index (χ4n) is 2.96. The minimum atomic E-state index is -0.105. The van der Waals surface area contributed by atoms with Crippen molar-refractivity contribution in [2.75, 3.05) is 24.7 Å². The molecule has 0 aliphatic rings. The molecule has 0 aliphatic carbocycles. The SMILES string of the molecule is CCCCOc1ccnc(N(CCCCCCC(=O)OCC)c2ccccn2)c1. The highest BCUT2D eigenvalue weighted by Crippen LogP contribution is 2.25. The van der Waals surface area contributed by atoms with Gasteiger partial charge in [-0.2, -0.15) is 0 Å². The number of pyridine rings is 2. The molecule has 0 atom stereocenters. The molecule has 0 aliphatic heterocycles. The second-order valence-corrected chi connectivity index (χ2v) is 6.86. The lowest BCUT2D eigenvalue weighted by Gasteiger charge is -2.23. The number of anilines is 2. The molecule has 0 aromatic carbocycles. The highest BCUT2D eigenvalue weighted by Gasteiger charge is 2.12. The van der Waals surface area contributed by atoms with E-state index in [1.165, 1.54) is 0 Å². The summed E-state index contributed by atoms with van der Waals surface area (Å²) in [6, 6.07) is 9.76. The number of hydrogen-bond donors (Lipinski definition) is 0. The third kappa shape index (κ3) is 8.50. The van der Waals surface area contributed by atoms with Gasteiger partial charge in [-0.15, -0.1) is 0 Å². The first-order valence-electron chi connectivity index (χ1n) is 10.7. The number of carbonyl (C=O) groups excluding carboxylic acids is 1. The highest BCUT2D eigenvalue weighted by atomic mass is 16.5. The van der Waals surface area contributed by atoms with E-state index in [2.05, 4.69) is 21.8 Å². The summed E-state index contributed by atoms with van der Waals surface area (Å²) in [5.41, 5.74) is 0. The van der Waals surface area contributed by atoms with Gasteiger partial charge in [-0.1, -0.05) is 32.3 Å². The Morgan fingerprint density at radius 3 is 2.55 bits per heavy atom. The van der Waals surface area contributed by atoms with Crippen LogP contribution in [0.3, 0.4) is 0 Å². The number of nitrogens with zero attached hydrogens (tertiary/aromatic N) is 3. The number of aromatic nitrogens is 2.